The van der Waals surface area contributed by atoms with Crippen molar-refractivity contribution < 1.29 is 4.74 Å². The summed E-state index contributed by atoms with van der Waals surface area (Å²) in [6.07, 6.45) is 7.84. The molecular formula is C14H19N3O. The quantitative estimate of drug-likeness (QED) is 0.897. The highest BCUT2D eigenvalue weighted by Gasteiger charge is 2.16. The van der Waals surface area contributed by atoms with Crippen molar-refractivity contribution in [2.45, 2.75) is 38.5 Å². The molecule has 1 aliphatic heterocycles. The number of aryl methyl sites for hydroxylation is 1. The molecule has 18 heavy (non-hydrogen) atoms. The van der Waals surface area contributed by atoms with Crippen molar-refractivity contribution in [3.63, 3.8) is 0 Å². The highest BCUT2D eigenvalue weighted by atomic mass is 16.5. The van der Waals surface area contributed by atoms with Crippen LogP contribution in [0, 0.1) is 0 Å². The van der Waals surface area contributed by atoms with Gasteiger partial charge in [0.1, 0.15) is 5.65 Å². The van der Waals surface area contributed by atoms with Crippen molar-refractivity contribution in [2.75, 3.05) is 6.61 Å². The molecule has 1 fully saturated rings. The number of pyridine rings is 1. The Morgan fingerprint density at radius 2 is 2.44 bits per heavy atom. The molecule has 0 spiro atoms. The highest BCUT2D eigenvalue weighted by Crippen LogP contribution is 2.21. The van der Waals surface area contributed by atoms with Crippen LogP contribution in [0.25, 0.3) is 11.0 Å². The summed E-state index contributed by atoms with van der Waals surface area (Å²) in [5, 5.41) is 1.17. The molecule has 4 heteroatoms. The molecule has 2 N–H and O–H groups in total. The van der Waals surface area contributed by atoms with Crippen LogP contribution in [0.4, 0.5) is 0 Å². The summed E-state index contributed by atoms with van der Waals surface area (Å²) < 4.78 is 7.87. The van der Waals surface area contributed by atoms with Crippen molar-refractivity contribution in [2.24, 2.45) is 5.73 Å². The van der Waals surface area contributed by atoms with Crippen LogP contribution in [0.3, 0.4) is 0 Å². The number of hydrogen-bond donors (Lipinski definition) is 1. The Bertz CT molecular complexity index is 529. The standard InChI is InChI=1S/C14H19N3O/c15-9-11-10-17(7-5-12-3-2-8-18-12)14-13(11)4-1-6-16-14/h1,4,6,10,12H,2-3,5,7-9,15H2. The number of hydrogen-bond acceptors (Lipinski definition) is 3. The van der Waals surface area contributed by atoms with E-state index in [0.29, 0.717) is 12.6 Å². The van der Waals surface area contributed by atoms with Crippen LogP contribution in [0.2, 0.25) is 0 Å². The Kier molecular flexibility index (Phi) is 3.30. The van der Waals surface area contributed by atoms with Gasteiger partial charge >= 0.3 is 0 Å². The smallest absolute Gasteiger partial charge is 0.140 e. The highest BCUT2D eigenvalue weighted by molar-refractivity contribution is 5.80. The first-order valence-electron chi connectivity index (χ1n) is 6.63. The van der Waals surface area contributed by atoms with Gasteiger partial charge in [-0.1, -0.05) is 0 Å². The number of nitrogens with two attached hydrogens (primary N) is 1. The van der Waals surface area contributed by atoms with Gasteiger partial charge in [0.05, 0.1) is 6.10 Å². The number of rotatable bonds is 4. The third-order valence-corrected chi connectivity index (χ3v) is 3.65. The Hall–Kier alpha value is -1.39. The third kappa shape index (κ3) is 2.13. The van der Waals surface area contributed by atoms with Gasteiger partial charge in [0.2, 0.25) is 0 Å². The van der Waals surface area contributed by atoms with E-state index in [1.807, 2.05) is 12.3 Å². The molecule has 2 aromatic rings. The zero-order valence-corrected chi connectivity index (χ0v) is 10.5. The van der Waals surface area contributed by atoms with Crippen LogP contribution >= 0.6 is 0 Å². The summed E-state index contributed by atoms with van der Waals surface area (Å²) in [5.74, 6) is 0. The Morgan fingerprint density at radius 1 is 1.50 bits per heavy atom. The number of nitrogens with zero attached hydrogens (tertiary/aromatic N) is 2. The van der Waals surface area contributed by atoms with Crippen LogP contribution < -0.4 is 5.73 Å². The van der Waals surface area contributed by atoms with Crippen LogP contribution in [0.1, 0.15) is 24.8 Å². The molecule has 4 nitrogen and oxygen atoms in total. The molecule has 0 saturated carbocycles. The van der Waals surface area contributed by atoms with Crippen molar-refractivity contribution in [1.29, 1.82) is 0 Å². The lowest BCUT2D eigenvalue weighted by Crippen LogP contribution is -2.09. The van der Waals surface area contributed by atoms with E-state index in [4.69, 9.17) is 10.5 Å². The van der Waals surface area contributed by atoms with E-state index >= 15 is 0 Å². The second-order valence-electron chi connectivity index (χ2n) is 4.85. The first kappa shape index (κ1) is 11.7. The van der Waals surface area contributed by atoms with E-state index in [1.54, 1.807) is 0 Å². The summed E-state index contributed by atoms with van der Waals surface area (Å²) in [4.78, 5) is 4.46. The fourth-order valence-electron chi connectivity index (χ4n) is 2.68. The molecule has 2 aromatic heterocycles. The largest absolute Gasteiger partial charge is 0.378 e. The second kappa shape index (κ2) is 5.08. The molecule has 0 amide bonds. The first-order chi connectivity index (χ1) is 8.88. The SMILES string of the molecule is NCc1cn(CCC2CCCO2)c2ncccc12. The van der Waals surface area contributed by atoms with Gasteiger partial charge in [-0.2, -0.15) is 0 Å². The monoisotopic (exact) mass is 245 g/mol. The minimum atomic E-state index is 0.424. The molecule has 1 aliphatic rings. The lowest BCUT2D eigenvalue weighted by molar-refractivity contribution is 0.101. The van der Waals surface area contributed by atoms with Gasteiger partial charge in [-0.05, 0) is 37.0 Å². The van der Waals surface area contributed by atoms with Gasteiger partial charge in [-0.25, -0.2) is 4.98 Å². The summed E-state index contributed by atoms with van der Waals surface area (Å²) in [6.45, 7) is 2.44. The molecule has 3 rings (SSSR count). The van der Waals surface area contributed by atoms with E-state index in [-0.39, 0.29) is 0 Å². The van der Waals surface area contributed by atoms with E-state index in [2.05, 4.69) is 21.8 Å². The fourth-order valence-corrected chi connectivity index (χ4v) is 2.68. The van der Waals surface area contributed by atoms with Crippen LogP contribution in [-0.4, -0.2) is 22.3 Å². The topological polar surface area (TPSA) is 53.1 Å². The predicted octanol–water partition coefficient (Wildman–Crippen LogP) is 2.06. The van der Waals surface area contributed by atoms with E-state index in [1.165, 1.54) is 23.8 Å². The van der Waals surface area contributed by atoms with Crippen LogP contribution in [-0.2, 0) is 17.8 Å². The lowest BCUT2D eigenvalue weighted by atomic mass is 10.2. The lowest BCUT2D eigenvalue weighted by Gasteiger charge is -2.10. The zero-order valence-electron chi connectivity index (χ0n) is 10.5. The van der Waals surface area contributed by atoms with Crippen molar-refractivity contribution >= 4 is 11.0 Å². The maximum atomic E-state index is 5.78. The molecule has 96 valence electrons. The van der Waals surface area contributed by atoms with E-state index in [9.17, 15) is 0 Å². The molecule has 0 bridgehead atoms. The van der Waals surface area contributed by atoms with Crippen molar-refractivity contribution in [3.05, 3.63) is 30.1 Å². The number of fused-ring (bicyclic) bond motifs is 1. The number of aromatic nitrogens is 2. The normalized spacial score (nSPS) is 19.7. The molecule has 0 radical (unpaired) electrons. The van der Waals surface area contributed by atoms with Crippen LogP contribution in [0.15, 0.2) is 24.5 Å². The Morgan fingerprint density at radius 3 is 3.22 bits per heavy atom. The molecule has 1 unspecified atom stereocenters. The fraction of sp³-hybridized carbons (Fsp3) is 0.500. The predicted molar refractivity (Wildman–Crippen MR) is 71.2 cm³/mol. The minimum Gasteiger partial charge on any atom is -0.378 e. The molecule has 1 atom stereocenters. The summed E-state index contributed by atoms with van der Waals surface area (Å²) in [7, 11) is 0. The van der Waals surface area contributed by atoms with Crippen molar-refractivity contribution in [3.8, 4) is 0 Å². The molecular weight excluding hydrogens is 226 g/mol. The Balaban J connectivity index is 1.82. The second-order valence-corrected chi connectivity index (χ2v) is 4.85. The van der Waals surface area contributed by atoms with Gasteiger partial charge in [0.15, 0.2) is 0 Å². The maximum Gasteiger partial charge on any atom is 0.140 e. The third-order valence-electron chi connectivity index (χ3n) is 3.65. The Labute approximate surface area is 107 Å². The van der Waals surface area contributed by atoms with E-state index < -0.39 is 0 Å². The molecule has 0 aromatic carbocycles. The average Bonchev–Trinajstić information content (AvgIpc) is 3.04. The summed E-state index contributed by atoms with van der Waals surface area (Å²) >= 11 is 0. The van der Waals surface area contributed by atoms with Gasteiger partial charge in [-0.3, -0.25) is 0 Å². The maximum absolute atomic E-state index is 5.78. The van der Waals surface area contributed by atoms with Crippen LogP contribution in [0.5, 0.6) is 0 Å². The summed E-state index contributed by atoms with van der Waals surface area (Å²) in [6, 6.07) is 4.05. The van der Waals surface area contributed by atoms with Gasteiger partial charge in [0, 0.05) is 37.5 Å². The van der Waals surface area contributed by atoms with Crippen molar-refractivity contribution in [1.82, 2.24) is 9.55 Å². The average molecular weight is 245 g/mol. The first-order valence-corrected chi connectivity index (χ1v) is 6.63. The molecule has 1 saturated heterocycles. The van der Waals surface area contributed by atoms with E-state index in [0.717, 1.165) is 25.2 Å². The molecule has 0 aliphatic carbocycles. The minimum absolute atomic E-state index is 0.424. The number of ether oxygens (including phenoxy) is 1. The van der Waals surface area contributed by atoms with Gasteiger partial charge in [0.25, 0.3) is 0 Å². The van der Waals surface area contributed by atoms with Gasteiger partial charge < -0.3 is 15.0 Å². The van der Waals surface area contributed by atoms with Gasteiger partial charge in [-0.15, -0.1) is 0 Å². The zero-order chi connectivity index (χ0) is 12.4. The molecule has 3 heterocycles. The summed E-state index contributed by atoms with van der Waals surface area (Å²) in [5.41, 5.74) is 7.99.